The smallest absolute Gasteiger partial charge is 0.258 e. The van der Waals surface area contributed by atoms with Crippen LogP contribution in [0.15, 0.2) is 28.9 Å². The topological polar surface area (TPSA) is 90.2 Å². The zero-order valence-electron chi connectivity index (χ0n) is 14.2. The highest BCUT2D eigenvalue weighted by molar-refractivity contribution is 6.01. The van der Waals surface area contributed by atoms with Gasteiger partial charge in [0.05, 0.1) is 18.4 Å². The zero-order valence-corrected chi connectivity index (χ0v) is 14.2. The number of hydrogen-bond donors (Lipinski definition) is 1. The maximum Gasteiger partial charge on any atom is 0.258 e. The summed E-state index contributed by atoms with van der Waals surface area (Å²) in [6.07, 6.45) is 2.23. The van der Waals surface area contributed by atoms with E-state index >= 15 is 0 Å². The molecule has 0 atom stereocenters. The number of nitrogens with zero attached hydrogens (tertiary/aromatic N) is 1. The molecular weight excluding hydrogens is 340 g/mol. The Morgan fingerprint density at radius 1 is 1.38 bits per heavy atom. The highest BCUT2D eigenvalue weighted by Crippen LogP contribution is 2.46. The first-order valence-electron chi connectivity index (χ1n) is 8.26. The van der Waals surface area contributed by atoms with E-state index in [4.69, 9.17) is 18.6 Å². The number of hydrogen-bond acceptors (Lipinski definition) is 6. The van der Waals surface area contributed by atoms with Crippen molar-refractivity contribution < 1.29 is 28.2 Å². The van der Waals surface area contributed by atoms with Gasteiger partial charge in [-0.15, -0.1) is 0 Å². The van der Waals surface area contributed by atoms with Gasteiger partial charge in [0.1, 0.15) is 5.76 Å². The third kappa shape index (κ3) is 2.94. The molecular formula is C18H18N2O6. The number of furan rings is 1. The van der Waals surface area contributed by atoms with Crippen molar-refractivity contribution >= 4 is 11.8 Å². The molecule has 136 valence electrons. The summed E-state index contributed by atoms with van der Waals surface area (Å²) in [5.74, 6) is 1.32. The molecule has 3 heterocycles. The number of rotatable bonds is 5. The average Bonchev–Trinajstić information content (AvgIpc) is 3.31. The second-order valence-corrected chi connectivity index (χ2v) is 6.10. The van der Waals surface area contributed by atoms with E-state index in [2.05, 4.69) is 5.32 Å². The van der Waals surface area contributed by atoms with E-state index in [1.54, 1.807) is 24.1 Å². The monoisotopic (exact) mass is 358 g/mol. The van der Waals surface area contributed by atoms with Crippen LogP contribution in [0.1, 0.15) is 21.7 Å². The third-order valence-corrected chi connectivity index (χ3v) is 4.37. The largest absolute Gasteiger partial charge is 0.479 e. The predicted octanol–water partition coefficient (Wildman–Crippen LogP) is 1.33. The fraction of sp³-hybridized carbons (Fsp3) is 0.333. The van der Waals surface area contributed by atoms with Gasteiger partial charge in [-0.05, 0) is 30.2 Å². The lowest BCUT2D eigenvalue weighted by Crippen LogP contribution is -2.35. The van der Waals surface area contributed by atoms with Gasteiger partial charge in [-0.3, -0.25) is 9.59 Å². The highest BCUT2D eigenvalue weighted by Gasteiger charge is 2.33. The minimum absolute atomic E-state index is 0.0588. The molecule has 0 radical (unpaired) electrons. The van der Waals surface area contributed by atoms with Crippen LogP contribution in [0.2, 0.25) is 0 Å². The number of amides is 2. The first kappa shape index (κ1) is 16.3. The Balaban J connectivity index is 1.53. The first-order chi connectivity index (χ1) is 12.6. The number of likely N-dealkylation sites (N-methyl/N-ethyl adjacent to an activating group) is 1. The van der Waals surface area contributed by atoms with Crippen molar-refractivity contribution in [2.24, 2.45) is 0 Å². The molecule has 0 fully saturated rings. The standard InChI is InChI=1S/C18H18N2O6/c1-20-5-4-11-7-13-16(26-10-25-13)17(15(11)18(20)22)24-9-14(21)19-8-12-3-2-6-23-12/h2-3,6-7H,4-5,8-10H2,1H3,(H,19,21). The minimum atomic E-state index is -0.330. The predicted molar refractivity (Wildman–Crippen MR) is 89.3 cm³/mol. The Morgan fingerprint density at radius 3 is 3.08 bits per heavy atom. The Bertz CT molecular complexity index is 846. The molecule has 0 bridgehead atoms. The van der Waals surface area contributed by atoms with Crippen molar-refractivity contribution in [1.82, 2.24) is 10.2 Å². The minimum Gasteiger partial charge on any atom is -0.479 e. The molecule has 0 saturated carbocycles. The van der Waals surface area contributed by atoms with Crippen molar-refractivity contribution in [2.45, 2.75) is 13.0 Å². The van der Waals surface area contributed by atoms with Crippen LogP contribution >= 0.6 is 0 Å². The van der Waals surface area contributed by atoms with Crippen molar-refractivity contribution in [3.05, 3.63) is 41.3 Å². The van der Waals surface area contributed by atoms with E-state index in [0.29, 0.717) is 35.8 Å². The van der Waals surface area contributed by atoms with E-state index in [9.17, 15) is 9.59 Å². The summed E-state index contributed by atoms with van der Waals surface area (Å²) in [7, 11) is 1.73. The molecule has 2 aliphatic rings. The second kappa shape index (κ2) is 6.62. The summed E-state index contributed by atoms with van der Waals surface area (Å²) in [6, 6.07) is 5.32. The number of fused-ring (bicyclic) bond motifs is 2. The molecule has 1 N–H and O–H groups in total. The number of carbonyl (C=O) groups is 2. The molecule has 8 heteroatoms. The number of ether oxygens (including phenoxy) is 3. The van der Waals surface area contributed by atoms with Crippen molar-refractivity contribution in [1.29, 1.82) is 0 Å². The molecule has 8 nitrogen and oxygen atoms in total. The van der Waals surface area contributed by atoms with Gasteiger partial charge in [-0.1, -0.05) is 0 Å². The molecule has 1 aromatic carbocycles. The average molecular weight is 358 g/mol. The van der Waals surface area contributed by atoms with Gasteiger partial charge in [0, 0.05) is 13.6 Å². The van der Waals surface area contributed by atoms with Gasteiger partial charge in [0.2, 0.25) is 12.5 Å². The van der Waals surface area contributed by atoms with Crippen LogP contribution in [-0.4, -0.2) is 43.7 Å². The highest BCUT2D eigenvalue weighted by atomic mass is 16.7. The Morgan fingerprint density at radius 2 is 2.27 bits per heavy atom. The lowest BCUT2D eigenvalue weighted by Gasteiger charge is -2.27. The van der Waals surface area contributed by atoms with Gasteiger partial charge in [0.15, 0.2) is 18.1 Å². The lowest BCUT2D eigenvalue weighted by molar-refractivity contribution is -0.123. The van der Waals surface area contributed by atoms with E-state index in [1.165, 1.54) is 6.26 Å². The fourth-order valence-electron chi connectivity index (χ4n) is 3.00. The molecule has 2 amide bonds. The van der Waals surface area contributed by atoms with Crippen molar-refractivity contribution in [3.63, 3.8) is 0 Å². The Hall–Kier alpha value is -3.16. The number of benzene rings is 1. The van der Waals surface area contributed by atoms with Crippen LogP contribution in [0, 0.1) is 0 Å². The SMILES string of the molecule is CN1CCc2cc3c(c(OCC(=O)NCc4ccco4)c2C1=O)OCO3. The molecule has 0 aliphatic carbocycles. The Kier molecular flexibility index (Phi) is 4.16. The van der Waals surface area contributed by atoms with Crippen LogP contribution < -0.4 is 19.5 Å². The maximum atomic E-state index is 12.6. The van der Waals surface area contributed by atoms with Gasteiger partial charge in [-0.25, -0.2) is 0 Å². The summed E-state index contributed by atoms with van der Waals surface area (Å²) in [5, 5.41) is 2.70. The van der Waals surface area contributed by atoms with E-state index in [0.717, 1.165) is 5.56 Å². The molecule has 4 rings (SSSR count). The molecule has 0 spiro atoms. The van der Waals surface area contributed by atoms with Crippen LogP contribution in [0.5, 0.6) is 17.2 Å². The summed E-state index contributed by atoms with van der Waals surface area (Å²) < 4.78 is 21.8. The molecule has 2 aliphatic heterocycles. The van der Waals surface area contributed by atoms with E-state index < -0.39 is 0 Å². The third-order valence-electron chi connectivity index (χ3n) is 4.37. The van der Waals surface area contributed by atoms with Crippen LogP contribution in [0.25, 0.3) is 0 Å². The number of nitrogens with one attached hydrogen (secondary N) is 1. The summed E-state index contributed by atoms with van der Waals surface area (Å²) >= 11 is 0. The van der Waals surface area contributed by atoms with E-state index in [-0.39, 0.29) is 37.5 Å². The molecule has 0 saturated heterocycles. The van der Waals surface area contributed by atoms with Gasteiger partial charge in [0.25, 0.3) is 11.8 Å². The van der Waals surface area contributed by atoms with Gasteiger partial charge >= 0.3 is 0 Å². The lowest BCUT2D eigenvalue weighted by atomic mass is 9.97. The van der Waals surface area contributed by atoms with Crippen LogP contribution in [0.4, 0.5) is 0 Å². The molecule has 2 aromatic rings. The molecule has 0 unspecified atom stereocenters. The quantitative estimate of drug-likeness (QED) is 0.867. The molecule has 26 heavy (non-hydrogen) atoms. The molecule has 1 aromatic heterocycles. The first-order valence-corrected chi connectivity index (χ1v) is 8.26. The fourth-order valence-corrected chi connectivity index (χ4v) is 3.00. The van der Waals surface area contributed by atoms with Crippen molar-refractivity contribution in [3.8, 4) is 17.2 Å². The zero-order chi connectivity index (χ0) is 18.1. The Labute approximate surface area is 149 Å². The normalized spacial score (nSPS) is 15.0. The van der Waals surface area contributed by atoms with E-state index in [1.807, 2.05) is 6.07 Å². The van der Waals surface area contributed by atoms with Crippen molar-refractivity contribution in [2.75, 3.05) is 27.0 Å². The van der Waals surface area contributed by atoms with Crippen LogP contribution in [-0.2, 0) is 17.8 Å². The summed E-state index contributed by atoms with van der Waals surface area (Å²) in [6.45, 7) is 0.698. The maximum absolute atomic E-state index is 12.6. The summed E-state index contributed by atoms with van der Waals surface area (Å²) in [5.41, 5.74) is 1.27. The summed E-state index contributed by atoms with van der Waals surface area (Å²) in [4.78, 5) is 26.3. The van der Waals surface area contributed by atoms with Gasteiger partial charge < -0.3 is 28.8 Å². The number of carbonyl (C=O) groups excluding carboxylic acids is 2. The second-order valence-electron chi connectivity index (χ2n) is 6.10. The van der Waals surface area contributed by atoms with Gasteiger partial charge in [-0.2, -0.15) is 0 Å². The van der Waals surface area contributed by atoms with Crippen LogP contribution in [0.3, 0.4) is 0 Å².